The van der Waals surface area contributed by atoms with Crippen molar-refractivity contribution in [3.8, 4) is 0 Å². The van der Waals surface area contributed by atoms with E-state index in [1.54, 1.807) is 36.0 Å². The Hall–Kier alpha value is -2.97. The van der Waals surface area contributed by atoms with Crippen molar-refractivity contribution in [1.82, 2.24) is 24.6 Å². The minimum Gasteiger partial charge on any atom is -0.300 e. The van der Waals surface area contributed by atoms with Crippen molar-refractivity contribution in [3.63, 3.8) is 0 Å². The summed E-state index contributed by atoms with van der Waals surface area (Å²) < 4.78 is 2.22. The molecule has 0 spiro atoms. The number of likely N-dealkylation sites (tertiary alicyclic amines) is 1. The van der Waals surface area contributed by atoms with Gasteiger partial charge in [0.05, 0.1) is 24.2 Å². The van der Waals surface area contributed by atoms with E-state index in [2.05, 4.69) is 43.9 Å². The van der Waals surface area contributed by atoms with Crippen LogP contribution in [-0.4, -0.2) is 61.8 Å². The highest BCUT2D eigenvalue weighted by Crippen LogP contribution is 2.25. The Morgan fingerprint density at radius 2 is 1.47 bits per heavy atom. The molecule has 5 rings (SSSR count). The van der Waals surface area contributed by atoms with Gasteiger partial charge in [0.1, 0.15) is 5.82 Å². The molecule has 0 atom stereocenters. The molecule has 176 valence electrons. The highest BCUT2D eigenvalue weighted by Gasteiger charge is 2.34. The second-order valence-corrected chi connectivity index (χ2v) is 9.88. The molecule has 3 heterocycles. The minimum atomic E-state index is -0.193. The maximum atomic E-state index is 12.6. The standard InChI is InChI=1S/C26H29N5O2S/c32-24-21-12-5-6-13-22(21)25(33)30(24)16-9-17-34-26-28-27-23(19-29-14-7-2-8-15-29)31(26)18-20-10-3-1-4-11-20/h1,3-6,10-13H,2,7-9,14-19H2. The Kier molecular flexibility index (Phi) is 7.06. The summed E-state index contributed by atoms with van der Waals surface area (Å²) in [4.78, 5) is 29.0. The minimum absolute atomic E-state index is 0.193. The molecule has 0 radical (unpaired) electrons. The molecular formula is C26H29N5O2S. The SMILES string of the molecule is O=C1c2ccccc2C(=O)N1CCCSc1nnc(CN2CCCCC2)n1Cc1ccccc1. The zero-order valence-corrected chi connectivity index (χ0v) is 20.0. The van der Waals surface area contributed by atoms with Crippen LogP contribution in [0.4, 0.5) is 0 Å². The molecule has 8 heteroatoms. The van der Waals surface area contributed by atoms with Crippen LogP contribution in [0.15, 0.2) is 59.8 Å². The van der Waals surface area contributed by atoms with Crippen LogP contribution in [0.2, 0.25) is 0 Å². The number of rotatable bonds is 9. The first-order valence-corrected chi connectivity index (χ1v) is 13.0. The number of carbonyl (C=O) groups is 2. The van der Waals surface area contributed by atoms with Crippen LogP contribution < -0.4 is 0 Å². The number of amides is 2. The van der Waals surface area contributed by atoms with Gasteiger partial charge in [-0.2, -0.15) is 0 Å². The predicted octanol–water partition coefficient (Wildman–Crippen LogP) is 4.09. The summed E-state index contributed by atoms with van der Waals surface area (Å²) in [7, 11) is 0. The summed E-state index contributed by atoms with van der Waals surface area (Å²) in [5.74, 6) is 1.36. The summed E-state index contributed by atoms with van der Waals surface area (Å²) in [6, 6.07) is 17.4. The molecule has 0 saturated carbocycles. The van der Waals surface area contributed by atoms with Crippen LogP contribution >= 0.6 is 11.8 Å². The first-order chi connectivity index (χ1) is 16.7. The molecule has 0 unspecified atom stereocenters. The third-order valence-electron chi connectivity index (χ3n) is 6.43. The third kappa shape index (κ3) is 4.93. The molecule has 0 N–H and O–H groups in total. The van der Waals surface area contributed by atoms with E-state index < -0.39 is 0 Å². The van der Waals surface area contributed by atoms with E-state index >= 15 is 0 Å². The van der Waals surface area contributed by atoms with E-state index in [1.165, 1.54) is 29.7 Å². The fourth-order valence-electron chi connectivity index (χ4n) is 4.61. The highest BCUT2D eigenvalue weighted by molar-refractivity contribution is 7.99. The molecular weight excluding hydrogens is 446 g/mol. The molecule has 0 bridgehead atoms. The van der Waals surface area contributed by atoms with Crippen molar-refractivity contribution in [2.75, 3.05) is 25.4 Å². The van der Waals surface area contributed by atoms with Crippen molar-refractivity contribution in [2.45, 2.75) is 43.9 Å². The Balaban J connectivity index is 1.23. The topological polar surface area (TPSA) is 71.3 Å². The van der Waals surface area contributed by atoms with Crippen LogP contribution in [0, 0.1) is 0 Å². The number of imide groups is 1. The zero-order chi connectivity index (χ0) is 23.3. The lowest BCUT2D eigenvalue weighted by Crippen LogP contribution is -2.31. The lowest BCUT2D eigenvalue weighted by molar-refractivity contribution is 0.0655. The number of thioether (sulfide) groups is 1. The van der Waals surface area contributed by atoms with Crippen LogP contribution in [0.25, 0.3) is 0 Å². The number of fused-ring (bicyclic) bond motifs is 1. The number of carbonyl (C=O) groups excluding carboxylic acids is 2. The number of aromatic nitrogens is 3. The monoisotopic (exact) mass is 475 g/mol. The van der Waals surface area contributed by atoms with Crippen molar-refractivity contribution in [1.29, 1.82) is 0 Å². The average Bonchev–Trinajstić information content (AvgIpc) is 3.36. The van der Waals surface area contributed by atoms with Gasteiger partial charge in [-0.05, 0) is 50.0 Å². The van der Waals surface area contributed by atoms with Gasteiger partial charge in [-0.3, -0.25) is 19.4 Å². The Morgan fingerprint density at radius 1 is 0.794 bits per heavy atom. The fraction of sp³-hybridized carbons (Fsp3) is 0.385. The number of hydrogen-bond donors (Lipinski definition) is 0. The molecule has 1 fully saturated rings. The van der Waals surface area contributed by atoms with Crippen LogP contribution in [0.5, 0.6) is 0 Å². The van der Waals surface area contributed by atoms with Gasteiger partial charge in [0, 0.05) is 12.3 Å². The van der Waals surface area contributed by atoms with E-state index in [0.29, 0.717) is 24.1 Å². The van der Waals surface area contributed by atoms with E-state index in [9.17, 15) is 9.59 Å². The van der Waals surface area contributed by atoms with Crippen LogP contribution in [0.1, 0.15) is 57.8 Å². The molecule has 2 aliphatic heterocycles. The fourth-order valence-corrected chi connectivity index (χ4v) is 5.49. The molecule has 1 aromatic heterocycles. The van der Waals surface area contributed by atoms with Gasteiger partial charge < -0.3 is 4.57 Å². The van der Waals surface area contributed by atoms with Crippen molar-refractivity contribution in [3.05, 3.63) is 77.1 Å². The van der Waals surface area contributed by atoms with Crippen molar-refractivity contribution in [2.24, 2.45) is 0 Å². The van der Waals surface area contributed by atoms with Gasteiger partial charge in [-0.1, -0.05) is 60.6 Å². The van der Waals surface area contributed by atoms with Crippen molar-refractivity contribution >= 4 is 23.6 Å². The molecule has 2 amide bonds. The number of hydrogen-bond acceptors (Lipinski definition) is 6. The lowest BCUT2D eigenvalue weighted by Gasteiger charge is -2.26. The van der Waals surface area contributed by atoms with Gasteiger partial charge in [0.25, 0.3) is 11.8 Å². The normalized spacial score (nSPS) is 16.3. The Labute approximate surface area is 204 Å². The summed E-state index contributed by atoms with van der Waals surface area (Å²) in [6.07, 6.45) is 4.50. The molecule has 2 aliphatic rings. The summed E-state index contributed by atoms with van der Waals surface area (Å²) in [5, 5.41) is 9.94. The van der Waals surface area contributed by atoms with E-state index in [4.69, 9.17) is 0 Å². The lowest BCUT2D eigenvalue weighted by atomic mass is 10.1. The van der Waals surface area contributed by atoms with Crippen LogP contribution in [-0.2, 0) is 13.1 Å². The number of benzene rings is 2. The Bertz CT molecular complexity index is 1120. The molecule has 3 aromatic rings. The molecule has 34 heavy (non-hydrogen) atoms. The first-order valence-electron chi connectivity index (χ1n) is 12.0. The second-order valence-electron chi connectivity index (χ2n) is 8.82. The van der Waals surface area contributed by atoms with Gasteiger partial charge >= 0.3 is 0 Å². The zero-order valence-electron chi connectivity index (χ0n) is 19.2. The van der Waals surface area contributed by atoms with Gasteiger partial charge in [0.15, 0.2) is 5.16 Å². The molecule has 7 nitrogen and oxygen atoms in total. The summed E-state index contributed by atoms with van der Waals surface area (Å²) in [6.45, 7) is 4.18. The highest BCUT2D eigenvalue weighted by atomic mass is 32.2. The average molecular weight is 476 g/mol. The van der Waals surface area contributed by atoms with Gasteiger partial charge in [-0.25, -0.2) is 0 Å². The molecule has 1 saturated heterocycles. The first kappa shape index (κ1) is 22.8. The summed E-state index contributed by atoms with van der Waals surface area (Å²) in [5.41, 5.74) is 2.23. The predicted molar refractivity (Wildman–Crippen MR) is 132 cm³/mol. The van der Waals surface area contributed by atoms with Gasteiger partial charge in [0.2, 0.25) is 0 Å². The quantitative estimate of drug-likeness (QED) is 0.264. The summed E-state index contributed by atoms with van der Waals surface area (Å²) >= 11 is 1.64. The molecule has 2 aromatic carbocycles. The number of nitrogens with zero attached hydrogens (tertiary/aromatic N) is 5. The number of piperidine rings is 1. The van der Waals surface area contributed by atoms with E-state index in [0.717, 1.165) is 42.9 Å². The largest absolute Gasteiger partial charge is 0.300 e. The van der Waals surface area contributed by atoms with E-state index in [1.807, 2.05) is 6.07 Å². The van der Waals surface area contributed by atoms with Crippen LogP contribution in [0.3, 0.4) is 0 Å². The maximum absolute atomic E-state index is 12.6. The van der Waals surface area contributed by atoms with Crippen molar-refractivity contribution < 1.29 is 9.59 Å². The van der Waals surface area contributed by atoms with Gasteiger partial charge in [-0.15, -0.1) is 10.2 Å². The maximum Gasteiger partial charge on any atom is 0.261 e. The van der Waals surface area contributed by atoms with E-state index in [-0.39, 0.29) is 11.8 Å². The smallest absolute Gasteiger partial charge is 0.261 e. The second kappa shape index (κ2) is 10.5. The molecule has 0 aliphatic carbocycles. The third-order valence-corrected chi connectivity index (χ3v) is 7.48. The Morgan fingerprint density at radius 3 is 2.18 bits per heavy atom.